The second-order valence-corrected chi connectivity index (χ2v) is 4.34. The average Bonchev–Trinajstić information content (AvgIpc) is 3.08. The van der Waals surface area contributed by atoms with Crippen LogP contribution in [0.15, 0.2) is 35.6 Å². The zero-order chi connectivity index (χ0) is 16.8. The number of nitrogens with zero attached hydrogens (tertiary/aromatic N) is 1. The van der Waals surface area contributed by atoms with Crippen LogP contribution in [-0.4, -0.2) is 37.3 Å². The molecule has 0 radical (unpaired) electrons. The summed E-state index contributed by atoms with van der Waals surface area (Å²) >= 11 is 0. The number of H-pyrrole nitrogens is 1. The number of carbonyl (C=O) groups is 2. The van der Waals surface area contributed by atoms with Crippen LogP contribution < -0.4 is 20.0 Å². The highest BCUT2D eigenvalue weighted by atomic mass is 16.5. The minimum atomic E-state index is -1.45. The summed E-state index contributed by atoms with van der Waals surface area (Å²) in [4.78, 5) is 25.8. The molecular formula is C15H14N3O5-. The van der Waals surface area contributed by atoms with Gasteiger partial charge in [0.15, 0.2) is 11.5 Å². The Morgan fingerprint density at radius 2 is 2.04 bits per heavy atom. The van der Waals surface area contributed by atoms with E-state index in [-0.39, 0.29) is 22.6 Å². The van der Waals surface area contributed by atoms with E-state index < -0.39 is 11.9 Å². The normalized spacial score (nSPS) is 10.5. The molecule has 120 valence electrons. The quantitative estimate of drug-likeness (QED) is 0.582. The summed E-state index contributed by atoms with van der Waals surface area (Å²) in [5, 5.41) is 15.1. The number of aromatic amines is 1. The highest BCUT2D eigenvalue weighted by molar-refractivity contribution is 6.01. The first kappa shape index (κ1) is 16.1. The van der Waals surface area contributed by atoms with Gasteiger partial charge in [0.2, 0.25) is 0 Å². The van der Waals surface area contributed by atoms with Crippen molar-refractivity contribution in [3.05, 3.63) is 47.3 Å². The number of methoxy groups -OCH3 is 2. The van der Waals surface area contributed by atoms with Gasteiger partial charge < -0.3 is 24.4 Å². The van der Waals surface area contributed by atoms with Crippen LogP contribution in [0.1, 0.15) is 26.4 Å². The maximum absolute atomic E-state index is 11.7. The molecule has 0 aliphatic heterocycles. The zero-order valence-electron chi connectivity index (χ0n) is 12.5. The lowest BCUT2D eigenvalue weighted by Crippen LogP contribution is -2.25. The van der Waals surface area contributed by atoms with Crippen LogP contribution >= 0.6 is 0 Å². The number of hydrogen-bond acceptors (Lipinski definition) is 6. The molecule has 1 amide bonds. The van der Waals surface area contributed by atoms with Crippen LogP contribution in [-0.2, 0) is 0 Å². The largest absolute Gasteiger partial charge is 0.545 e. The van der Waals surface area contributed by atoms with Crippen molar-refractivity contribution in [3.63, 3.8) is 0 Å². The predicted molar refractivity (Wildman–Crippen MR) is 79.7 cm³/mol. The Balaban J connectivity index is 2.27. The Bertz CT molecular complexity index is 738. The predicted octanol–water partition coefficient (Wildman–Crippen LogP) is 0.159. The number of hydrazone groups is 1. The highest BCUT2D eigenvalue weighted by Crippen LogP contribution is 2.32. The molecule has 0 aliphatic rings. The summed E-state index contributed by atoms with van der Waals surface area (Å²) in [7, 11) is 2.71. The van der Waals surface area contributed by atoms with Crippen LogP contribution in [0.3, 0.4) is 0 Å². The summed E-state index contributed by atoms with van der Waals surface area (Å²) in [5.41, 5.74) is 2.59. The van der Waals surface area contributed by atoms with Crippen molar-refractivity contribution in [1.82, 2.24) is 10.4 Å². The molecule has 8 nitrogen and oxygen atoms in total. The number of rotatable bonds is 6. The molecule has 0 bridgehead atoms. The van der Waals surface area contributed by atoms with Gasteiger partial charge in [-0.1, -0.05) is 0 Å². The topological polar surface area (TPSA) is 116 Å². The molecule has 0 unspecified atom stereocenters. The van der Waals surface area contributed by atoms with E-state index in [1.807, 2.05) is 0 Å². The standard InChI is InChI=1S/C15H15N3O5/c1-22-11-6-5-9(12(15(20)21)13(11)23-2)8-17-18-14(19)10-4-3-7-16-10/h3-8,16H,1-2H3,(H,18,19)(H,20,21)/p-1/b17-8-. The van der Waals surface area contributed by atoms with Gasteiger partial charge in [-0.3, -0.25) is 4.79 Å². The number of hydrogen-bond donors (Lipinski definition) is 2. The monoisotopic (exact) mass is 316 g/mol. The second-order valence-electron chi connectivity index (χ2n) is 4.34. The van der Waals surface area contributed by atoms with Gasteiger partial charge in [0, 0.05) is 11.8 Å². The molecule has 1 heterocycles. The SMILES string of the molecule is COc1ccc(/C=N\NC(=O)c2ccc[nH]2)c(C(=O)[O-])c1OC. The van der Waals surface area contributed by atoms with Crippen molar-refractivity contribution in [2.45, 2.75) is 0 Å². The van der Waals surface area contributed by atoms with Crippen molar-refractivity contribution in [2.75, 3.05) is 14.2 Å². The van der Waals surface area contributed by atoms with Gasteiger partial charge in [-0.15, -0.1) is 0 Å². The third-order valence-electron chi connectivity index (χ3n) is 2.99. The molecule has 1 aromatic carbocycles. The van der Waals surface area contributed by atoms with E-state index in [0.29, 0.717) is 5.69 Å². The van der Waals surface area contributed by atoms with E-state index in [1.165, 1.54) is 32.6 Å². The number of nitrogens with one attached hydrogen (secondary N) is 2. The van der Waals surface area contributed by atoms with E-state index in [0.717, 1.165) is 0 Å². The zero-order valence-corrected chi connectivity index (χ0v) is 12.5. The second kappa shape index (κ2) is 7.12. The van der Waals surface area contributed by atoms with Crippen LogP contribution in [0.4, 0.5) is 0 Å². The molecule has 23 heavy (non-hydrogen) atoms. The average molecular weight is 316 g/mol. The lowest BCUT2D eigenvalue weighted by atomic mass is 10.1. The fourth-order valence-electron chi connectivity index (χ4n) is 1.95. The summed E-state index contributed by atoms with van der Waals surface area (Å²) in [5.74, 6) is -1.63. The van der Waals surface area contributed by atoms with E-state index in [1.54, 1.807) is 18.3 Å². The minimum absolute atomic E-state index is 0.0205. The number of ether oxygens (including phenoxy) is 2. The Morgan fingerprint density at radius 1 is 1.26 bits per heavy atom. The molecule has 0 fully saturated rings. The van der Waals surface area contributed by atoms with Crippen molar-refractivity contribution in [1.29, 1.82) is 0 Å². The molecule has 1 aromatic heterocycles. The number of benzene rings is 1. The van der Waals surface area contributed by atoms with Gasteiger partial charge in [-0.2, -0.15) is 5.10 Å². The first-order chi connectivity index (χ1) is 11.1. The summed E-state index contributed by atoms with van der Waals surface area (Å²) < 4.78 is 10.1. The van der Waals surface area contributed by atoms with Crippen molar-refractivity contribution >= 4 is 18.1 Å². The van der Waals surface area contributed by atoms with Crippen LogP contribution in [0.25, 0.3) is 0 Å². The Kier molecular flexibility index (Phi) is 4.98. The van der Waals surface area contributed by atoms with Gasteiger partial charge in [0.25, 0.3) is 5.91 Å². The number of aromatic nitrogens is 1. The van der Waals surface area contributed by atoms with E-state index in [9.17, 15) is 14.7 Å². The van der Waals surface area contributed by atoms with Gasteiger partial charge in [0.05, 0.1) is 32.0 Å². The van der Waals surface area contributed by atoms with Crippen molar-refractivity contribution in [2.24, 2.45) is 5.10 Å². The summed E-state index contributed by atoms with van der Waals surface area (Å²) in [6, 6.07) is 6.24. The third kappa shape index (κ3) is 3.49. The van der Waals surface area contributed by atoms with Gasteiger partial charge in [0.1, 0.15) is 5.69 Å². The van der Waals surface area contributed by atoms with Crippen molar-refractivity contribution in [3.8, 4) is 11.5 Å². The molecule has 2 rings (SSSR count). The molecule has 0 spiro atoms. The molecule has 2 aromatic rings. The van der Waals surface area contributed by atoms with Crippen molar-refractivity contribution < 1.29 is 24.2 Å². The molecule has 2 N–H and O–H groups in total. The third-order valence-corrected chi connectivity index (χ3v) is 2.99. The molecule has 0 saturated heterocycles. The number of carboxylic acids is 1. The van der Waals surface area contributed by atoms with Gasteiger partial charge in [-0.05, 0) is 24.3 Å². The first-order valence-electron chi connectivity index (χ1n) is 6.51. The van der Waals surface area contributed by atoms with E-state index in [4.69, 9.17) is 9.47 Å². The Hall–Kier alpha value is -3.29. The number of carboxylic acid groups (broad SMARTS) is 1. The lowest BCUT2D eigenvalue weighted by Gasteiger charge is -2.15. The maximum atomic E-state index is 11.7. The minimum Gasteiger partial charge on any atom is -0.545 e. The summed E-state index contributed by atoms with van der Waals surface area (Å²) in [6.45, 7) is 0. The van der Waals surface area contributed by atoms with Crippen LogP contribution in [0.5, 0.6) is 11.5 Å². The first-order valence-corrected chi connectivity index (χ1v) is 6.51. The van der Waals surface area contributed by atoms with Gasteiger partial charge in [-0.25, -0.2) is 5.43 Å². The molecule has 8 heteroatoms. The fourth-order valence-corrected chi connectivity index (χ4v) is 1.95. The Labute approximate surface area is 131 Å². The Morgan fingerprint density at radius 3 is 2.61 bits per heavy atom. The smallest absolute Gasteiger partial charge is 0.287 e. The molecular weight excluding hydrogens is 302 g/mol. The molecule has 0 atom stereocenters. The summed E-state index contributed by atoms with van der Waals surface area (Å²) in [6.07, 6.45) is 2.79. The number of amides is 1. The highest BCUT2D eigenvalue weighted by Gasteiger charge is 2.15. The lowest BCUT2D eigenvalue weighted by molar-refractivity contribution is -0.255. The molecule has 0 aliphatic carbocycles. The fraction of sp³-hybridized carbons (Fsp3) is 0.133. The number of carbonyl (C=O) groups excluding carboxylic acids is 2. The van der Waals surface area contributed by atoms with Gasteiger partial charge >= 0.3 is 0 Å². The maximum Gasteiger partial charge on any atom is 0.287 e. The van der Waals surface area contributed by atoms with E-state index >= 15 is 0 Å². The number of aromatic carboxylic acids is 1. The van der Waals surface area contributed by atoms with Crippen LogP contribution in [0, 0.1) is 0 Å². The van der Waals surface area contributed by atoms with Crippen LogP contribution in [0.2, 0.25) is 0 Å². The van der Waals surface area contributed by atoms with E-state index in [2.05, 4.69) is 15.5 Å². The molecule has 0 saturated carbocycles.